The van der Waals surface area contributed by atoms with Crippen LogP contribution in [0.4, 0.5) is 11.4 Å². The zero-order valence-corrected chi connectivity index (χ0v) is 51.5. The summed E-state index contributed by atoms with van der Waals surface area (Å²) in [5, 5.41) is 42.1. The molecule has 0 radical (unpaired) electrons. The Kier molecular flexibility index (Phi) is 36.2. The Bertz CT molecular complexity index is 2270. The van der Waals surface area contributed by atoms with E-state index in [0.29, 0.717) is 12.6 Å². The Morgan fingerprint density at radius 2 is 0.726 bits per heavy atom. The van der Waals surface area contributed by atoms with Crippen LogP contribution in [0.1, 0.15) is 213 Å². The molecule has 462 valence electrons. The molecule has 2 N–H and O–H groups in total. The number of ether oxygens (including phenoxy) is 4. The van der Waals surface area contributed by atoms with Crippen LogP contribution in [0.2, 0.25) is 0 Å². The van der Waals surface area contributed by atoms with Crippen LogP contribution in [0, 0.1) is 70.0 Å². The van der Waals surface area contributed by atoms with Crippen LogP contribution in [0.3, 0.4) is 0 Å². The van der Waals surface area contributed by atoms with Crippen molar-refractivity contribution in [2.24, 2.45) is 67.8 Å². The molecule has 0 bridgehead atoms. The predicted molar refractivity (Wildman–Crippen MR) is 319 cm³/mol. The van der Waals surface area contributed by atoms with Gasteiger partial charge in [-0.2, -0.15) is 31.0 Å². The molecule has 10 atom stereocenters. The van der Waals surface area contributed by atoms with Gasteiger partial charge in [-0.05, 0) is 85.8 Å². The molecular weight excluding hydrogens is 1070 g/mol. The van der Waals surface area contributed by atoms with Gasteiger partial charge in [0, 0.05) is 24.9 Å². The maximum Gasteiger partial charge on any atom is 0.338 e. The molecule has 0 fully saturated rings. The minimum atomic E-state index is -1.49. The summed E-state index contributed by atoms with van der Waals surface area (Å²) in [6.07, 6.45) is 15.2. The van der Waals surface area contributed by atoms with Crippen molar-refractivity contribution in [3.8, 4) is 12.1 Å². The number of unbranched alkanes of at least 4 members (excludes halogenated alkanes) is 4. The molecular formula is C64H94N8O12. The van der Waals surface area contributed by atoms with Crippen LogP contribution in [0.25, 0.3) is 0 Å². The van der Waals surface area contributed by atoms with Crippen molar-refractivity contribution >= 4 is 59.6 Å². The van der Waals surface area contributed by atoms with E-state index in [2.05, 4.69) is 58.8 Å². The van der Waals surface area contributed by atoms with Crippen LogP contribution in [0.15, 0.2) is 56.9 Å². The highest BCUT2D eigenvalue weighted by Gasteiger charge is 2.34. The number of carbonyl (C=O) groups is 8. The molecule has 20 nitrogen and oxygen atoms in total. The van der Waals surface area contributed by atoms with E-state index in [1.807, 2.05) is 39.8 Å². The second-order valence-electron chi connectivity index (χ2n) is 21.8. The van der Waals surface area contributed by atoms with Gasteiger partial charge in [0.15, 0.2) is 12.1 Å². The standard InChI is InChI=1S/C64H94N8O12/c1-11-19-23-45(15-5)39-81-61(77)49-29-50(62(78)82-40-46(16-6)24-20-12-2)32-55(31-49)69-71-57(43(9)53(35-65)37-73)59(75)67-27-28-68-60(76)58(44(10)54(36-66)38-74)72-70-56-33-51(63(79)83-41-47(17-7)25-21-13-3)30-52(34-56)64(80)84-42-48(18-8)26-22-14-4/h29-34,37-38,43-48,53-54,57-58H,11-28,39-42H2,1-10H3,(H,67,75)(H,68,76). The highest BCUT2D eigenvalue weighted by atomic mass is 16.5. The molecule has 0 saturated heterocycles. The van der Waals surface area contributed by atoms with E-state index in [1.54, 1.807) is 0 Å². The van der Waals surface area contributed by atoms with Crippen molar-refractivity contribution in [3.05, 3.63) is 58.7 Å². The number of azo groups is 2. The molecule has 2 aromatic rings. The molecule has 84 heavy (non-hydrogen) atoms. The van der Waals surface area contributed by atoms with E-state index in [9.17, 15) is 48.9 Å². The van der Waals surface area contributed by atoms with Crippen LogP contribution in [0.5, 0.6) is 0 Å². The molecule has 2 rings (SSSR count). The first-order valence-corrected chi connectivity index (χ1v) is 30.5. The molecule has 0 aliphatic carbocycles. The van der Waals surface area contributed by atoms with Crippen molar-refractivity contribution in [1.29, 1.82) is 10.5 Å². The van der Waals surface area contributed by atoms with Crippen molar-refractivity contribution < 1.29 is 57.3 Å². The Labute approximate surface area is 498 Å². The number of nitriles is 2. The van der Waals surface area contributed by atoms with E-state index in [0.717, 1.165) is 103 Å². The Hall–Kier alpha value is -7.22. The Morgan fingerprint density at radius 1 is 0.464 bits per heavy atom. The van der Waals surface area contributed by atoms with E-state index in [1.165, 1.54) is 50.2 Å². The summed E-state index contributed by atoms with van der Waals surface area (Å²) in [7, 11) is 0. The monoisotopic (exact) mass is 1170 g/mol. The number of rotatable bonds is 43. The van der Waals surface area contributed by atoms with Crippen molar-refractivity contribution in [1.82, 2.24) is 10.6 Å². The second kappa shape index (κ2) is 41.7. The fourth-order valence-corrected chi connectivity index (χ4v) is 9.08. The summed E-state index contributed by atoms with van der Waals surface area (Å²) in [4.78, 5) is 106. The lowest BCUT2D eigenvalue weighted by Crippen LogP contribution is -2.45. The Balaban J connectivity index is 2.53. The summed E-state index contributed by atoms with van der Waals surface area (Å²) in [6.45, 7) is 19.5. The van der Waals surface area contributed by atoms with Gasteiger partial charge in [-0.15, -0.1) is 0 Å². The van der Waals surface area contributed by atoms with Gasteiger partial charge in [0.1, 0.15) is 24.4 Å². The lowest BCUT2D eigenvalue weighted by Gasteiger charge is -2.21. The molecule has 0 aliphatic heterocycles. The summed E-state index contributed by atoms with van der Waals surface area (Å²) < 4.78 is 22.9. The smallest absolute Gasteiger partial charge is 0.338 e. The van der Waals surface area contributed by atoms with Gasteiger partial charge in [0.2, 0.25) is 11.8 Å². The molecule has 10 unspecified atom stereocenters. The minimum Gasteiger partial charge on any atom is -0.462 e. The van der Waals surface area contributed by atoms with Crippen molar-refractivity contribution in [2.75, 3.05) is 39.5 Å². The van der Waals surface area contributed by atoms with Gasteiger partial charge in [0.05, 0.1) is 72.2 Å². The van der Waals surface area contributed by atoms with Crippen LogP contribution < -0.4 is 10.6 Å². The summed E-state index contributed by atoms with van der Waals surface area (Å²) in [6, 6.07) is 8.89. The zero-order valence-electron chi connectivity index (χ0n) is 51.5. The Morgan fingerprint density at radius 3 is 0.940 bits per heavy atom. The maximum absolute atomic E-state index is 14.0. The van der Waals surface area contributed by atoms with Crippen molar-refractivity contribution in [3.63, 3.8) is 0 Å². The summed E-state index contributed by atoms with van der Waals surface area (Å²) >= 11 is 0. The predicted octanol–water partition coefficient (Wildman–Crippen LogP) is 13.0. The lowest BCUT2D eigenvalue weighted by molar-refractivity contribution is -0.126. The van der Waals surface area contributed by atoms with Gasteiger partial charge in [0.25, 0.3) is 0 Å². The molecule has 0 heterocycles. The fourth-order valence-electron chi connectivity index (χ4n) is 9.08. The number of carbonyl (C=O) groups excluding carboxylic acids is 8. The van der Waals surface area contributed by atoms with E-state index in [4.69, 9.17) is 18.9 Å². The fraction of sp³-hybridized carbons (Fsp3) is 0.656. The number of amides is 2. The first-order valence-electron chi connectivity index (χ1n) is 30.5. The largest absolute Gasteiger partial charge is 0.462 e. The third kappa shape index (κ3) is 25.7. The van der Waals surface area contributed by atoms with Gasteiger partial charge < -0.3 is 39.2 Å². The summed E-state index contributed by atoms with van der Waals surface area (Å²) in [5.41, 5.74) is -0.0658. The van der Waals surface area contributed by atoms with E-state index in [-0.39, 0.29) is 96.8 Å². The molecule has 2 amide bonds. The first kappa shape index (κ1) is 72.9. The first-order chi connectivity index (χ1) is 40.5. The lowest BCUT2D eigenvalue weighted by atomic mass is 9.89. The molecule has 20 heteroatoms. The highest BCUT2D eigenvalue weighted by Crippen LogP contribution is 2.28. The molecule has 0 aliphatic rings. The van der Waals surface area contributed by atoms with Crippen LogP contribution in [-0.4, -0.2) is 99.9 Å². The quantitative estimate of drug-likeness (QED) is 0.0205. The number of nitrogens with zero attached hydrogens (tertiary/aromatic N) is 6. The van der Waals surface area contributed by atoms with E-state index < -0.39 is 71.4 Å². The second-order valence-corrected chi connectivity index (χ2v) is 21.8. The van der Waals surface area contributed by atoms with Gasteiger partial charge in [-0.3, -0.25) is 9.59 Å². The van der Waals surface area contributed by atoms with Gasteiger partial charge in [-0.25, -0.2) is 19.2 Å². The number of hydrogen-bond donors (Lipinski definition) is 2. The summed E-state index contributed by atoms with van der Waals surface area (Å²) in [5.74, 6) is -8.64. The number of benzene rings is 2. The van der Waals surface area contributed by atoms with E-state index >= 15 is 0 Å². The third-order valence-corrected chi connectivity index (χ3v) is 15.3. The molecule has 0 spiro atoms. The van der Waals surface area contributed by atoms with Gasteiger partial charge in [-0.1, -0.05) is 146 Å². The third-order valence-electron chi connectivity index (χ3n) is 15.3. The zero-order chi connectivity index (χ0) is 62.4. The maximum atomic E-state index is 14.0. The van der Waals surface area contributed by atoms with Crippen LogP contribution in [-0.2, 0) is 38.1 Å². The van der Waals surface area contributed by atoms with Crippen molar-refractivity contribution in [2.45, 2.75) is 184 Å². The topological polar surface area (TPSA) is 295 Å². The molecule has 0 aromatic heterocycles. The van der Waals surface area contributed by atoms with Crippen LogP contribution >= 0.6 is 0 Å². The SMILES string of the molecule is CCCCC(CC)COC(=O)c1cc(N=NC(C(=O)NCCNC(=O)C(N=Nc2cc(C(=O)OCC(CC)CCCC)cc(C(=O)OCC(CC)CCCC)c2)C(C)C(C#N)C=O)C(C)C(C#N)C=O)cc(C(=O)OCC(CC)CCCC)c1. The number of nitrogens with one attached hydrogen (secondary N) is 2. The highest BCUT2D eigenvalue weighted by molar-refractivity contribution is 5.98. The minimum absolute atomic E-state index is 0.00872. The number of hydrogen-bond acceptors (Lipinski definition) is 18. The number of aldehydes is 2. The van der Waals surface area contributed by atoms with Gasteiger partial charge >= 0.3 is 23.9 Å². The number of esters is 4. The average molecular weight is 1170 g/mol. The molecule has 0 saturated carbocycles. The normalized spacial score (nSPS) is 14.9. The average Bonchev–Trinajstić information content (AvgIpc) is 3.67. The molecule has 2 aromatic carbocycles.